The van der Waals surface area contributed by atoms with Gasteiger partial charge < -0.3 is 31.1 Å². The lowest BCUT2D eigenvalue weighted by molar-refractivity contribution is 0.0137. The van der Waals surface area contributed by atoms with Crippen molar-refractivity contribution in [2.75, 3.05) is 19.7 Å². The van der Waals surface area contributed by atoms with E-state index < -0.39 is 17.7 Å². The Morgan fingerprint density at radius 2 is 2.09 bits per heavy atom. The summed E-state index contributed by atoms with van der Waals surface area (Å²) in [5, 5.41) is 18.1. The summed E-state index contributed by atoms with van der Waals surface area (Å²) in [5.41, 5.74) is 8.00. The summed E-state index contributed by atoms with van der Waals surface area (Å²) in [4.78, 5) is 20.3. The van der Waals surface area contributed by atoms with Gasteiger partial charge in [-0.05, 0) is 44.2 Å². The van der Waals surface area contributed by atoms with E-state index in [4.69, 9.17) is 15.5 Å². The van der Waals surface area contributed by atoms with E-state index in [9.17, 15) is 9.90 Å². The van der Waals surface area contributed by atoms with Crippen LogP contribution in [0.1, 0.15) is 70.3 Å². The molecular weight excluding hydrogens is 430 g/mol. The SMILES string of the molecule is CCC(N)=NC1CNC(=C(C)C)N2CC(NC(=O)c3cccc4c3OCCC4(C)C)[C@@H](O)[C@]12C. The number of amidine groups is 1. The van der Waals surface area contributed by atoms with E-state index in [-0.39, 0.29) is 17.4 Å². The Morgan fingerprint density at radius 1 is 1.35 bits per heavy atom. The number of aliphatic hydroxyl groups excluding tert-OH is 1. The van der Waals surface area contributed by atoms with Gasteiger partial charge >= 0.3 is 0 Å². The summed E-state index contributed by atoms with van der Waals surface area (Å²) in [6.45, 7) is 14.0. The van der Waals surface area contributed by atoms with Crippen molar-refractivity contribution in [1.82, 2.24) is 15.5 Å². The molecule has 0 bridgehead atoms. The summed E-state index contributed by atoms with van der Waals surface area (Å²) in [7, 11) is 0. The molecule has 0 aliphatic carbocycles. The number of para-hydroxylation sites is 1. The van der Waals surface area contributed by atoms with E-state index in [1.54, 1.807) is 6.07 Å². The van der Waals surface area contributed by atoms with E-state index in [0.717, 1.165) is 23.4 Å². The topological polar surface area (TPSA) is 112 Å². The fraction of sp³-hybridized carbons (Fsp3) is 0.615. The number of nitrogens with zero attached hydrogens (tertiary/aromatic N) is 2. The first kappa shape index (κ1) is 24.4. The van der Waals surface area contributed by atoms with E-state index in [0.29, 0.717) is 43.3 Å². The Kier molecular flexibility index (Phi) is 6.31. The monoisotopic (exact) mass is 469 g/mol. The second-order valence-electron chi connectivity index (χ2n) is 10.7. The van der Waals surface area contributed by atoms with Gasteiger partial charge in [0.15, 0.2) is 0 Å². The maximum atomic E-state index is 13.5. The summed E-state index contributed by atoms with van der Waals surface area (Å²) in [6, 6.07) is 5.01. The summed E-state index contributed by atoms with van der Waals surface area (Å²) >= 11 is 0. The molecule has 0 spiro atoms. The smallest absolute Gasteiger partial charge is 0.255 e. The van der Waals surface area contributed by atoms with Crippen LogP contribution in [0, 0.1) is 0 Å². The third kappa shape index (κ3) is 3.91. The molecule has 3 heterocycles. The number of benzene rings is 1. The normalized spacial score (nSPS) is 30.1. The molecule has 2 unspecified atom stereocenters. The second kappa shape index (κ2) is 8.80. The van der Waals surface area contributed by atoms with E-state index >= 15 is 0 Å². The number of carbonyl (C=O) groups excluding carboxylic acids is 1. The fourth-order valence-electron chi connectivity index (χ4n) is 5.50. The van der Waals surface area contributed by atoms with Crippen LogP contribution in [0.2, 0.25) is 0 Å². The molecule has 2 fully saturated rings. The molecule has 2 saturated heterocycles. The lowest BCUT2D eigenvalue weighted by Gasteiger charge is -2.48. The summed E-state index contributed by atoms with van der Waals surface area (Å²) in [6.07, 6.45) is 0.720. The van der Waals surface area contributed by atoms with Gasteiger partial charge in [-0.25, -0.2) is 0 Å². The van der Waals surface area contributed by atoms with E-state index in [2.05, 4.69) is 29.4 Å². The molecule has 3 aliphatic heterocycles. The van der Waals surface area contributed by atoms with Crippen molar-refractivity contribution in [3.63, 3.8) is 0 Å². The van der Waals surface area contributed by atoms with Gasteiger partial charge in [-0.3, -0.25) is 9.79 Å². The van der Waals surface area contributed by atoms with Gasteiger partial charge in [0.25, 0.3) is 5.91 Å². The first-order chi connectivity index (χ1) is 16.0. The first-order valence-corrected chi connectivity index (χ1v) is 12.3. The molecule has 5 N–H and O–H groups in total. The average molecular weight is 470 g/mol. The van der Waals surface area contributed by atoms with Crippen LogP contribution in [0.3, 0.4) is 0 Å². The Hall–Kier alpha value is -2.74. The van der Waals surface area contributed by atoms with Crippen LogP contribution in [-0.2, 0) is 5.41 Å². The largest absolute Gasteiger partial charge is 0.492 e. The van der Waals surface area contributed by atoms with E-state index in [1.807, 2.05) is 39.8 Å². The van der Waals surface area contributed by atoms with Crippen molar-refractivity contribution >= 4 is 11.7 Å². The number of carbonyl (C=O) groups is 1. The average Bonchev–Trinajstić information content (AvgIpc) is 3.04. The highest BCUT2D eigenvalue weighted by molar-refractivity contribution is 5.98. The zero-order valence-corrected chi connectivity index (χ0v) is 21.2. The molecular formula is C26H39N5O3. The van der Waals surface area contributed by atoms with E-state index in [1.165, 1.54) is 0 Å². The minimum absolute atomic E-state index is 0.0562. The molecule has 4 atom stereocenters. The predicted octanol–water partition coefficient (Wildman–Crippen LogP) is 2.27. The van der Waals surface area contributed by atoms with Crippen molar-refractivity contribution in [3.8, 4) is 5.75 Å². The molecule has 34 heavy (non-hydrogen) atoms. The van der Waals surface area contributed by atoms with Crippen LogP contribution in [0.25, 0.3) is 0 Å². The molecule has 0 aromatic heterocycles. The lowest BCUT2D eigenvalue weighted by atomic mass is 9.79. The fourth-order valence-corrected chi connectivity index (χ4v) is 5.50. The molecule has 1 aromatic carbocycles. The highest BCUT2D eigenvalue weighted by Gasteiger charge is 2.58. The Balaban J connectivity index is 1.65. The molecule has 0 radical (unpaired) electrons. The molecule has 4 rings (SSSR count). The number of fused-ring (bicyclic) bond motifs is 2. The number of nitrogens with two attached hydrogens (primary N) is 1. The number of aliphatic hydroxyl groups is 1. The minimum Gasteiger partial charge on any atom is -0.492 e. The Bertz CT molecular complexity index is 1030. The molecule has 8 heteroatoms. The summed E-state index contributed by atoms with van der Waals surface area (Å²) < 4.78 is 5.96. The number of rotatable bonds is 4. The Morgan fingerprint density at radius 3 is 2.76 bits per heavy atom. The Labute approximate surface area is 202 Å². The van der Waals surface area contributed by atoms with Gasteiger partial charge in [-0.1, -0.05) is 32.9 Å². The molecule has 3 aliphatic rings. The molecule has 0 saturated carbocycles. The van der Waals surface area contributed by atoms with Crippen molar-refractivity contribution in [2.24, 2.45) is 10.7 Å². The van der Waals surface area contributed by atoms with Crippen molar-refractivity contribution in [1.29, 1.82) is 0 Å². The number of allylic oxidation sites excluding steroid dienone is 1. The maximum absolute atomic E-state index is 13.5. The van der Waals surface area contributed by atoms with Crippen molar-refractivity contribution in [2.45, 2.75) is 83.5 Å². The van der Waals surface area contributed by atoms with Crippen LogP contribution in [0.5, 0.6) is 5.75 Å². The molecule has 1 aromatic rings. The quantitative estimate of drug-likeness (QED) is 0.398. The highest BCUT2D eigenvalue weighted by atomic mass is 16.5. The zero-order chi connectivity index (χ0) is 24.8. The number of amides is 1. The molecule has 1 amide bonds. The third-order valence-corrected chi connectivity index (χ3v) is 7.78. The van der Waals surface area contributed by atoms with Crippen LogP contribution in [0.15, 0.2) is 34.6 Å². The number of ether oxygens (including phenoxy) is 1. The van der Waals surface area contributed by atoms with Gasteiger partial charge in [0.2, 0.25) is 0 Å². The molecule has 186 valence electrons. The maximum Gasteiger partial charge on any atom is 0.255 e. The lowest BCUT2D eigenvalue weighted by Crippen LogP contribution is -2.65. The van der Waals surface area contributed by atoms with Gasteiger partial charge in [0.05, 0.1) is 35.6 Å². The number of nitrogens with one attached hydrogen (secondary N) is 2. The molecule has 8 nitrogen and oxygen atoms in total. The number of aliphatic imine (C=N–C) groups is 1. The van der Waals surface area contributed by atoms with Crippen molar-refractivity contribution < 1.29 is 14.6 Å². The van der Waals surface area contributed by atoms with Gasteiger partial charge in [-0.15, -0.1) is 0 Å². The van der Waals surface area contributed by atoms with Gasteiger partial charge in [0.1, 0.15) is 17.7 Å². The second-order valence-corrected chi connectivity index (χ2v) is 10.7. The van der Waals surface area contributed by atoms with Crippen LogP contribution in [-0.4, -0.2) is 65.2 Å². The first-order valence-electron chi connectivity index (χ1n) is 12.3. The number of hydrogen-bond donors (Lipinski definition) is 4. The minimum atomic E-state index is -0.830. The highest BCUT2D eigenvalue weighted by Crippen LogP contribution is 2.42. The third-order valence-electron chi connectivity index (χ3n) is 7.78. The van der Waals surface area contributed by atoms with Crippen LogP contribution >= 0.6 is 0 Å². The standard InChI is InChI=1S/C26H39N5O3/c1-7-20(27)30-19-13-28-23(15(2)3)31-14-18(22(32)26(19,31)6)29-24(33)16-9-8-10-17-21(16)34-12-11-25(17,4)5/h8-10,18-19,22,28,32H,7,11-14H2,1-6H3,(H2,27,30)(H,29,33)/t18?,19?,22-,26+/m1/s1. The predicted molar refractivity (Wildman–Crippen MR) is 134 cm³/mol. The van der Waals surface area contributed by atoms with Gasteiger partial charge in [0, 0.05) is 25.1 Å². The zero-order valence-electron chi connectivity index (χ0n) is 21.2. The van der Waals surface area contributed by atoms with Crippen molar-refractivity contribution in [3.05, 3.63) is 40.7 Å². The van der Waals surface area contributed by atoms with Gasteiger partial charge in [-0.2, -0.15) is 0 Å². The van der Waals surface area contributed by atoms with Crippen LogP contribution in [0.4, 0.5) is 0 Å². The van der Waals surface area contributed by atoms with Crippen LogP contribution < -0.4 is 21.1 Å². The summed E-state index contributed by atoms with van der Waals surface area (Å²) in [5.74, 6) is 1.95. The number of hydrogen-bond acceptors (Lipinski definition) is 6.